The smallest absolute Gasteiger partial charge is 0.139 e. The van der Waals surface area contributed by atoms with Crippen LogP contribution in [-0.4, -0.2) is 37.6 Å². The highest BCUT2D eigenvalue weighted by Crippen LogP contribution is 2.42. The Morgan fingerprint density at radius 3 is 2.86 bits per heavy atom. The number of hydrogen-bond donors (Lipinski definition) is 1. The summed E-state index contributed by atoms with van der Waals surface area (Å²) in [5.41, 5.74) is 3.22. The molecule has 0 aliphatic carbocycles. The minimum absolute atomic E-state index is 0.322. The lowest BCUT2D eigenvalue weighted by molar-refractivity contribution is 0.264. The van der Waals surface area contributed by atoms with Crippen molar-refractivity contribution in [3.8, 4) is 5.75 Å². The van der Waals surface area contributed by atoms with E-state index in [0.29, 0.717) is 21.8 Å². The molecule has 1 atom stereocenters. The average molecular weight is 326 g/mol. The van der Waals surface area contributed by atoms with Gasteiger partial charge in [-0.25, -0.2) is 0 Å². The third-order valence-corrected chi connectivity index (χ3v) is 4.91. The van der Waals surface area contributed by atoms with Crippen molar-refractivity contribution < 1.29 is 4.74 Å². The minimum atomic E-state index is 0.322. The molecule has 1 unspecified atom stereocenters. The number of ether oxygens (including phenoxy) is 1. The van der Waals surface area contributed by atoms with Crippen LogP contribution in [0.2, 0.25) is 10.0 Å². The number of likely N-dealkylation sites (N-methyl/N-ethyl adjacent to an activating group) is 2. The molecule has 0 radical (unpaired) electrons. The molecule has 6 heteroatoms. The van der Waals surface area contributed by atoms with E-state index in [2.05, 4.69) is 22.2 Å². The lowest BCUT2D eigenvalue weighted by Gasteiger charge is -2.19. The Labute approximate surface area is 134 Å². The molecule has 1 N–H and O–H groups in total. The first kappa shape index (κ1) is 14.9. The normalized spacial score (nSPS) is 18.2. The Morgan fingerprint density at radius 1 is 1.43 bits per heavy atom. The van der Waals surface area contributed by atoms with Crippen LogP contribution in [0.1, 0.15) is 17.2 Å². The molecular weight excluding hydrogens is 309 g/mol. The minimum Gasteiger partial charge on any atom is -0.495 e. The van der Waals surface area contributed by atoms with Crippen molar-refractivity contribution in [2.45, 2.75) is 12.6 Å². The molecule has 0 amide bonds. The van der Waals surface area contributed by atoms with E-state index in [4.69, 9.17) is 27.9 Å². The fraction of sp³-hybridized carbons (Fsp3) is 0.400. The van der Waals surface area contributed by atoms with Gasteiger partial charge >= 0.3 is 0 Å². The molecule has 2 heterocycles. The van der Waals surface area contributed by atoms with Gasteiger partial charge in [-0.2, -0.15) is 0 Å². The number of pyridine rings is 1. The number of halogens is 2. The third-order valence-electron chi connectivity index (χ3n) is 4.07. The monoisotopic (exact) mass is 325 g/mol. The van der Waals surface area contributed by atoms with E-state index in [9.17, 15) is 0 Å². The summed E-state index contributed by atoms with van der Waals surface area (Å²) < 4.78 is 5.32. The second-order valence-corrected chi connectivity index (χ2v) is 6.04. The lowest BCUT2D eigenvalue weighted by atomic mass is 10.0. The highest BCUT2D eigenvalue weighted by Gasteiger charge is 2.29. The van der Waals surface area contributed by atoms with Gasteiger partial charge < -0.3 is 10.1 Å². The summed E-state index contributed by atoms with van der Waals surface area (Å²) >= 11 is 12.6. The summed E-state index contributed by atoms with van der Waals surface area (Å²) in [4.78, 5) is 6.83. The molecule has 0 saturated heterocycles. The summed E-state index contributed by atoms with van der Waals surface area (Å²) in [7, 11) is 5.67. The summed E-state index contributed by atoms with van der Waals surface area (Å²) in [5, 5.41) is 5.11. The number of hydrogen-bond acceptors (Lipinski definition) is 4. The summed E-state index contributed by atoms with van der Waals surface area (Å²) in [6.45, 7) is 1.75. The van der Waals surface area contributed by atoms with Gasteiger partial charge in [-0.15, -0.1) is 0 Å². The second-order valence-electron chi connectivity index (χ2n) is 5.28. The van der Waals surface area contributed by atoms with Gasteiger partial charge in [-0.3, -0.25) is 9.88 Å². The molecule has 0 fully saturated rings. The second kappa shape index (κ2) is 5.61. The maximum atomic E-state index is 6.35. The number of aromatic nitrogens is 1. The van der Waals surface area contributed by atoms with Gasteiger partial charge in [0.25, 0.3) is 0 Å². The molecule has 21 heavy (non-hydrogen) atoms. The SMILES string of the molecule is CNCC1c2cnc3c(Cl)c(Cl)c(OC)cc3c2CN1C. The van der Waals surface area contributed by atoms with E-state index in [1.165, 1.54) is 11.1 Å². The number of fused-ring (bicyclic) bond motifs is 3. The van der Waals surface area contributed by atoms with Crippen LogP contribution in [0.25, 0.3) is 10.9 Å². The molecule has 1 aliphatic rings. The first-order valence-corrected chi connectivity index (χ1v) is 7.52. The molecule has 2 aromatic rings. The summed E-state index contributed by atoms with van der Waals surface area (Å²) in [6.07, 6.45) is 1.91. The maximum Gasteiger partial charge on any atom is 0.139 e. The van der Waals surface area contributed by atoms with Gasteiger partial charge in [0.2, 0.25) is 0 Å². The van der Waals surface area contributed by atoms with Crippen molar-refractivity contribution in [3.63, 3.8) is 0 Å². The van der Waals surface area contributed by atoms with Crippen LogP contribution in [-0.2, 0) is 6.54 Å². The molecule has 1 aromatic carbocycles. The van der Waals surface area contributed by atoms with Crippen LogP contribution in [0.4, 0.5) is 0 Å². The predicted octanol–water partition coefficient (Wildman–Crippen LogP) is 3.26. The van der Waals surface area contributed by atoms with Crippen LogP contribution >= 0.6 is 23.2 Å². The number of benzene rings is 1. The fourth-order valence-corrected chi connectivity index (χ4v) is 3.45. The van der Waals surface area contributed by atoms with E-state index in [0.717, 1.165) is 24.0 Å². The van der Waals surface area contributed by atoms with E-state index >= 15 is 0 Å². The summed E-state index contributed by atoms with van der Waals surface area (Å²) in [5.74, 6) is 0.587. The first-order chi connectivity index (χ1) is 10.1. The van der Waals surface area contributed by atoms with E-state index in [-0.39, 0.29) is 0 Å². The molecule has 112 valence electrons. The molecule has 0 spiro atoms. The zero-order valence-corrected chi connectivity index (χ0v) is 13.7. The Morgan fingerprint density at radius 2 is 2.19 bits per heavy atom. The number of nitrogens with zero attached hydrogens (tertiary/aromatic N) is 2. The van der Waals surface area contributed by atoms with E-state index < -0.39 is 0 Å². The van der Waals surface area contributed by atoms with Crippen molar-refractivity contribution in [1.82, 2.24) is 15.2 Å². The topological polar surface area (TPSA) is 37.4 Å². The Bertz CT molecular complexity index is 705. The number of methoxy groups -OCH3 is 1. The van der Waals surface area contributed by atoms with Gasteiger partial charge in [-0.05, 0) is 31.3 Å². The fourth-order valence-electron chi connectivity index (χ4n) is 2.99. The van der Waals surface area contributed by atoms with Gasteiger partial charge in [-0.1, -0.05) is 23.2 Å². The Balaban J connectivity index is 2.25. The van der Waals surface area contributed by atoms with Crippen molar-refractivity contribution >= 4 is 34.1 Å². The number of nitrogens with one attached hydrogen (secondary N) is 1. The van der Waals surface area contributed by atoms with E-state index in [1.807, 2.05) is 19.3 Å². The Kier molecular flexibility index (Phi) is 3.97. The average Bonchev–Trinajstić information content (AvgIpc) is 2.79. The van der Waals surface area contributed by atoms with Crippen LogP contribution in [0, 0.1) is 0 Å². The summed E-state index contributed by atoms with van der Waals surface area (Å²) in [6, 6.07) is 2.26. The van der Waals surface area contributed by atoms with Crippen molar-refractivity contribution in [2.24, 2.45) is 0 Å². The van der Waals surface area contributed by atoms with Gasteiger partial charge in [0.05, 0.1) is 17.6 Å². The Hall–Kier alpha value is -1.07. The van der Waals surface area contributed by atoms with Gasteiger partial charge in [0.1, 0.15) is 10.8 Å². The van der Waals surface area contributed by atoms with Crippen molar-refractivity contribution in [3.05, 3.63) is 33.4 Å². The van der Waals surface area contributed by atoms with Gasteiger partial charge in [0, 0.05) is 30.7 Å². The lowest BCUT2D eigenvalue weighted by Crippen LogP contribution is -2.26. The molecule has 3 rings (SSSR count). The third kappa shape index (κ3) is 2.27. The zero-order valence-electron chi connectivity index (χ0n) is 12.2. The highest BCUT2D eigenvalue weighted by molar-refractivity contribution is 6.46. The molecule has 0 bridgehead atoms. The maximum absolute atomic E-state index is 6.35. The van der Waals surface area contributed by atoms with Crippen molar-refractivity contribution in [2.75, 3.05) is 27.7 Å². The van der Waals surface area contributed by atoms with E-state index in [1.54, 1.807) is 7.11 Å². The molecule has 1 aromatic heterocycles. The largest absolute Gasteiger partial charge is 0.495 e. The molecule has 1 aliphatic heterocycles. The molecule has 4 nitrogen and oxygen atoms in total. The number of rotatable bonds is 3. The van der Waals surface area contributed by atoms with Crippen LogP contribution in [0.3, 0.4) is 0 Å². The standard InChI is InChI=1S/C15H17Cl2N3O/c1-18-6-11-9-5-19-15-8(10(9)7-20(11)2)4-12(21-3)13(16)14(15)17/h4-5,11,18H,6-7H2,1-3H3. The zero-order chi connectivity index (χ0) is 15.1. The van der Waals surface area contributed by atoms with Crippen LogP contribution in [0.5, 0.6) is 5.75 Å². The van der Waals surface area contributed by atoms with Gasteiger partial charge in [0.15, 0.2) is 0 Å². The highest BCUT2D eigenvalue weighted by atomic mass is 35.5. The first-order valence-electron chi connectivity index (χ1n) is 6.76. The van der Waals surface area contributed by atoms with Crippen molar-refractivity contribution in [1.29, 1.82) is 0 Å². The van der Waals surface area contributed by atoms with Crippen LogP contribution < -0.4 is 10.1 Å². The van der Waals surface area contributed by atoms with Crippen LogP contribution in [0.15, 0.2) is 12.3 Å². The quantitative estimate of drug-likeness (QED) is 0.939. The molecule has 0 saturated carbocycles. The molecular formula is C15H17Cl2N3O. The predicted molar refractivity (Wildman–Crippen MR) is 86.4 cm³/mol.